The molecule has 0 saturated heterocycles. The van der Waals surface area contributed by atoms with E-state index in [1.807, 2.05) is 176 Å². The van der Waals surface area contributed by atoms with Gasteiger partial charge in [0.15, 0.2) is 34.9 Å². The Morgan fingerprint density at radius 3 is 0.658 bits per heavy atom. The molecule has 0 unspecified atom stereocenters. The summed E-state index contributed by atoms with van der Waals surface area (Å²) >= 11 is 0. The van der Waals surface area contributed by atoms with E-state index >= 15 is 0 Å². The molecule has 0 fully saturated rings. The predicted molar refractivity (Wildman–Crippen MR) is 465 cm³/mol. The third-order valence-corrected chi connectivity index (χ3v) is 21.6. The summed E-state index contributed by atoms with van der Waals surface area (Å²) in [5, 5.41) is 85.5. The molecule has 4 aromatic heterocycles. The number of nitriles is 8. The molecule has 0 spiro atoms. The first-order valence-corrected chi connectivity index (χ1v) is 38.1. The lowest BCUT2D eigenvalue weighted by molar-refractivity contribution is 1.07. The second kappa shape index (κ2) is 30.4. The normalized spacial score (nSPS) is 10.9. The maximum absolute atomic E-state index is 10.6. The molecular formula is C104H54N16. The molecule has 0 aliphatic rings. The largest absolute Gasteiger partial charge is 0.309 e. The summed E-state index contributed by atoms with van der Waals surface area (Å²) in [6.07, 6.45) is 0. The zero-order chi connectivity index (χ0) is 81.5. The van der Waals surface area contributed by atoms with Crippen molar-refractivity contribution in [1.29, 1.82) is 42.1 Å². The SMILES string of the molecule is N#Cc1ccc(-c2ccc3c(c2)c2cc(-c4ccc(C#N)cc4C#N)ccc2n3-c2cc(-c3cccc(-c4cc(-c5nc(-c6ccccc6)nc(-c6ccccc6)n5)cc(-n5c6ccc(-c7ccc(C#N)cc7C#N)cc6c6cc(-c7ccc(C#N)cc7C#N)ccc65)c4)c3)cc(-c3nc(-c4ccccc4)nc(-c4ccccc4)n3)c2)c(C#N)c1. The van der Waals surface area contributed by atoms with Crippen LogP contribution in [0.4, 0.5) is 0 Å². The van der Waals surface area contributed by atoms with Crippen molar-refractivity contribution in [2.24, 2.45) is 0 Å². The summed E-state index contributed by atoms with van der Waals surface area (Å²) in [5.41, 5.74) is 20.6. The number of hydrogen-bond donors (Lipinski definition) is 0. The zero-order valence-corrected chi connectivity index (χ0v) is 63.3. The lowest BCUT2D eigenvalue weighted by Gasteiger charge is -2.16. The van der Waals surface area contributed by atoms with E-state index in [1.54, 1.807) is 72.8 Å². The Morgan fingerprint density at radius 2 is 0.408 bits per heavy atom. The smallest absolute Gasteiger partial charge is 0.164 e. The summed E-state index contributed by atoms with van der Waals surface area (Å²) < 4.78 is 4.41. The standard InChI is InChI=1S/C104H54N16/c105-55-63-24-32-87(81(40-63)59-109)73-28-36-95-91(51-73)92-52-74(88-33-25-64(56-106)41-82(88)60-110)29-37-96(92)119(95)85-47-77(45-79(49-85)103-115-99(67-14-5-1-6-15-67)113-100(116-103)68-16-7-2-8-17-68)71-22-13-23-72(44-71)78-46-80(104-117-101(69-18-9-3-10-19-69)114-102(118-104)70-20-11-4-12-21-70)50-86(48-78)120-97-38-30-75(89-34-26-65(57-107)42-83(89)61-111)53-93(97)94-54-76(31-39-98(94)120)90-35-27-66(58-108)43-84(90)62-112/h1-54H. The van der Waals surface area contributed by atoms with E-state index in [2.05, 4.69) is 137 Å². The van der Waals surface area contributed by atoms with Crippen molar-refractivity contribution in [1.82, 2.24) is 39.0 Å². The van der Waals surface area contributed by atoms with Crippen LogP contribution in [0.3, 0.4) is 0 Å². The molecule has 0 saturated carbocycles. The van der Waals surface area contributed by atoms with E-state index in [1.165, 1.54) is 0 Å². The molecule has 16 nitrogen and oxygen atoms in total. The van der Waals surface area contributed by atoms with Crippen LogP contribution in [0.15, 0.2) is 328 Å². The van der Waals surface area contributed by atoms with Crippen LogP contribution in [0.2, 0.25) is 0 Å². The molecule has 0 radical (unpaired) electrons. The van der Waals surface area contributed by atoms with Gasteiger partial charge >= 0.3 is 0 Å². The number of rotatable bonds is 14. The van der Waals surface area contributed by atoms with Gasteiger partial charge in [0.05, 0.1) is 115 Å². The van der Waals surface area contributed by atoms with E-state index in [9.17, 15) is 42.1 Å². The van der Waals surface area contributed by atoms with Crippen LogP contribution < -0.4 is 0 Å². The highest BCUT2D eigenvalue weighted by Crippen LogP contribution is 2.45. The highest BCUT2D eigenvalue weighted by Gasteiger charge is 2.25. The Morgan fingerprint density at radius 1 is 0.175 bits per heavy atom. The molecule has 120 heavy (non-hydrogen) atoms. The first-order valence-electron chi connectivity index (χ1n) is 38.1. The monoisotopic (exact) mass is 1530 g/mol. The molecule has 0 atom stereocenters. The first-order chi connectivity index (χ1) is 59.0. The first kappa shape index (κ1) is 72.1. The van der Waals surface area contributed by atoms with Gasteiger partial charge in [-0.25, -0.2) is 29.9 Å². The second-order valence-corrected chi connectivity index (χ2v) is 28.7. The average molecular weight is 1530 g/mol. The third-order valence-electron chi connectivity index (χ3n) is 21.6. The third kappa shape index (κ3) is 13.2. The Balaban J connectivity index is 0.864. The lowest BCUT2D eigenvalue weighted by Crippen LogP contribution is -2.02. The summed E-state index contributed by atoms with van der Waals surface area (Å²) in [7, 11) is 0. The van der Waals surface area contributed by atoms with Crippen molar-refractivity contribution in [3.05, 3.63) is 372 Å². The molecule has 0 aliphatic carbocycles. The van der Waals surface area contributed by atoms with Crippen LogP contribution in [0.25, 0.3) is 190 Å². The fraction of sp³-hybridized carbons (Fsp3) is 0. The minimum Gasteiger partial charge on any atom is -0.309 e. The van der Waals surface area contributed by atoms with Crippen molar-refractivity contribution < 1.29 is 0 Å². The van der Waals surface area contributed by atoms with Crippen molar-refractivity contribution in [3.8, 4) is 195 Å². The fourth-order valence-electron chi connectivity index (χ4n) is 15.9. The number of aromatic nitrogens is 8. The number of benzene rings is 15. The average Bonchev–Trinajstić information content (AvgIpc) is 1.58. The van der Waals surface area contributed by atoms with E-state index in [0.717, 1.165) is 122 Å². The highest BCUT2D eigenvalue weighted by molar-refractivity contribution is 6.14. The van der Waals surface area contributed by atoms with Crippen molar-refractivity contribution >= 4 is 43.6 Å². The van der Waals surface area contributed by atoms with Crippen LogP contribution in [0, 0.1) is 90.6 Å². The van der Waals surface area contributed by atoms with E-state index in [4.69, 9.17) is 29.9 Å². The minimum absolute atomic E-state index is 0.338. The van der Waals surface area contributed by atoms with E-state index in [-0.39, 0.29) is 0 Å². The zero-order valence-electron chi connectivity index (χ0n) is 63.3. The summed E-state index contributed by atoms with van der Waals surface area (Å²) in [6, 6.07) is 123. The summed E-state index contributed by atoms with van der Waals surface area (Å²) in [5.74, 6) is 2.66. The number of hydrogen-bond acceptors (Lipinski definition) is 14. The van der Waals surface area contributed by atoms with Crippen LogP contribution >= 0.6 is 0 Å². The lowest BCUT2D eigenvalue weighted by atomic mass is 9.95. The molecule has 19 rings (SSSR count). The van der Waals surface area contributed by atoms with Gasteiger partial charge in [-0.3, -0.25) is 0 Å². The van der Waals surface area contributed by atoms with E-state index < -0.39 is 0 Å². The number of fused-ring (bicyclic) bond motifs is 6. The van der Waals surface area contributed by atoms with Crippen LogP contribution in [-0.4, -0.2) is 39.0 Å². The molecule has 19 aromatic rings. The summed E-state index contributed by atoms with van der Waals surface area (Å²) in [4.78, 5) is 31.6. The molecule has 0 amide bonds. The molecule has 0 N–H and O–H groups in total. The van der Waals surface area contributed by atoms with Gasteiger partial charge in [-0.15, -0.1) is 0 Å². The second-order valence-electron chi connectivity index (χ2n) is 28.7. The van der Waals surface area contributed by atoms with Gasteiger partial charge in [-0.2, -0.15) is 42.1 Å². The minimum atomic E-state index is 0.338. The van der Waals surface area contributed by atoms with E-state index in [0.29, 0.717) is 113 Å². The van der Waals surface area contributed by atoms with Crippen LogP contribution in [0.5, 0.6) is 0 Å². The molecule has 15 aromatic carbocycles. The quantitative estimate of drug-likeness (QED) is 0.0979. The van der Waals surface area contributed by atoms with Gasteiger partial charge in [-0.1, -0.05) is 188 Å². The fourth-order valence-corrected chi connectivity index (χ4v) is 15.9. The molecule has 0 bridgehead atoms. The topological polar surface area (TPSA) is 278 Å². The molecule has 16 heteroatoms. The molecule has 0 aliphatic heterocycles. The van der Waals surface area contributed by atoms with Gasteiger partial charge < -0.3 is 9.13 Å². The Labute approximate surface area is 687 Å². The molecule has 4 heterocycles. The van der Waals surface area contributed by atoms with Crippen LogP contribution in [0.1, 0.15) is 44.5 Å². The van der Waals surface area contributed by atoms with Crippen molar-refractivity contribution in [2.75, 3.05) is 0 Å². The van der Waals surface area contributed by atoms with Gasteiger partial charge in [0.25, 0.3) is 0 Å². The molecular weight excluding hydrogens is 1470 g/mol. The maximum Gasteiger partial charge on any atom is 0.164 e. The van der Waals surface area contributed by atoms with Gasteiger partial charge in [0, 0.05) is 66.3 Å². The predicted octanol–water partition coefficient (Wildman–Crippen LogP) is 23.2. The Kier molecular flexibility index (Phi) is 18.3. The molecule has 550 valence electrons. The Bertz CT molecular complexity index is 7040. The summed E-state index contributed by atoms with van der Waals surface area (Å²) in [6.45, 7) is 0. The van der Waals surface area contributed by atoms with Gasteiger partial charge in [0.1, 0.15) is 0 Å². The van der Waals surface area contributed by atoms with Gasteiger partial charge in [0.2, 0.25) is 0 Å². The Hall–Kier alpha value is -18.2. The van der Waals surface area contributed by atoms with Gasteiger partial charge in [-0.05, 0) is 206 Å². The number of nitrogens with zero attached hydrogens (tertiary/aromatic N) is 16. The highest BCUT2D eigenvalue weighted by atomic mass is 15.1. The maximum atomic E-state index is 10.6. The van der Waals surface area contributed by atoms with Crippen LogP contribution in [-0.2, 0) is 0 Å². The van der Waals surface area contributed by atoms with Crippen molar-refractivity contribution in [2.45, 2.75) is 0 Å². The van der Waals surface area contributed by atoms with Crippen molar-refractivity contribution in [3.63, 3.8) is 0 Å².